The smallest absolute Gasteiger partial charge is 0.242 e. The molecule has 2 aromatic rings. The Morgan fingerprint density at radius 2 is 2.30 bits per heavy atom. The minimum absolute atomic E-state index is 0.0616. The van der Waals surface area contributed by atoms with Crippen molar-refractivity contribution in [3.63, 3.8) is 0 Å². The first-order valence-corrected chi connectivity index (χ1v) is 7.84. The van der Waals surface area contributed by atoms with Gasteiger partial charge in [0.15, 0.2) is 0 Å². The third kappa shape index (κ3) is 4.13. The molecule has 0 aromatic carbocycles. The van der Waals surface area contributed by atoms with E-state index >= 15 is 0 Å². The molecule has 23 heavy (non-hydrogen) atoms. The van der Waals surface area contributed by atoms with E-state index in [2.05, 4.69) is 15.0 Å². The van der Waals surface area contributed by atoms with Gasteiger partial charge in [-0.15, -0.1) is 0 Å². The molecule has 1 amide bonds. The van der Waals surface area contributed by atoms with E-state index in [4.69, 9.17) is 4.74 Å². The number of imidazole rings is 1. The van der Waals surface area contributed by atoms with E-state index in [1.54, 1.807) is 18.7 Å². The van der Waals surface area contributed by atoms with E-state index < -0.39 is 0 Å². The van der Waals surface area contributed by atoms with Gasteiger partial charge in [0.1, 0.15) is 18.7 Å². The number of carbonyl (C=O) groups is 1. The van der Waals surface area contributed by atoms with Crippen LogP contribution >= 0.6 is 0 Å². The largest absolute Gasteiger partial charge is 0.375 e. The lowest BCUT2D eigenvalue weighted by Crippen LogP contribution is -2.46. The van der Waals surface area contributed by atoms with Crippen LogP contribution in [0.3, 0.4) is 0 Å². The fourth-order valence-corrected chi connectivity index (χ4v) is 2.71. The first-order chi connectivity index (χ1) is 11.2. The third-order valence-electron chi connectivity index (χ3n) is 4.09. The summed E-state index contributed by atoms with van der Waals surface area (Å²) >= 11 is 0. The number of amides is 1. The summed E-state index contributed by atoms with van der Waals surface area (Å²) in [5.41, 5.74) is 1.00. The second-order valence-electron chi connectivity index (χ2n) is 5.67. The van der Waals surface area contributed by atoms with Crippen molar-refractivity contribution in [2.24, 2.45) is 0 Å². The lowest BCUT2D eigenvalue weighted by molar-refractivity contribution is -0.139. The number of aryl methyl sites for hydroxylation is 2. The number of hydrogen-bond acceptors (Lipinski definition) is 5. The highest BCUT2D eigenvalue weighted by molar-refractivity contribution is 5.76. The van der Waals surface area contributed by atoms with Crippen molar-refractivity contribution < 1.29 is 9.53 Å². The van der Waals surface area contributed by atoms with E-state index in [0.717, 1.165) is 24.4 Å². The van der Waals surface area contributed by atoms with Gasteiger partial charge in [0.25, 0.3) is 0 Å². The van der Waals surface area contributed by atoms with Gasteiger partial charge < -0.3 is 14.2 Å². The maximum atomic E-state index is 12.4. The van der Waals surface area contributed by atoms with E-state index in [0.29, 0.717) is 26.2 Å². The Labute approximate surface area is 135 Å². The van der Waals surface area contributed by atoms with Crippen molar-refractivity contribution in [1.29, 1.82) is 0 Å². The molecule has 1 fully saturated rings. The van der Waals surface area contributed by atoms with E-state index in [1.165, 1.54) is 0 Å². The van der Waals surface area contributed by atoms with Crippen LogP contribution in [0.5, 0.6) is 0 Å². The normalized spacial score (nSPS) is 18.1. The molecule has 122 valence electrons. The van der Waals surface area contributed by atoms with Crippen LogP contribution < -0.4 is 0 Å². The topological polar surface area (TPSA) is 73.1 Å². The molecule has 7 heteroatoms. The standard InChI is InChI=1S/C16H21N5O2/c1-13-18-6-7-20(13)11-16(22)21-8-9-23-15(10-21)3-2-14-4-5-17-12-19-14/h4-7,12,15H,2-3,8-11H2,1H3/t15-/m0/s1. The molecule has 1 saturated heterocycles. The summed E-state index contributed by atoms with van der Waals surface area (Å²) in [5, 5.41) is 0. The summed E-state index contributed by atoms with van der Waals surface area (Å²) in [4.78, 5) is 26.6. The Bertz CT molecular complexity index is 643. The predicted molar refractivity (Wildman–Crippen MR) is 83.6 cm³/mol. The summed E-state index contributed by atoms with van der Waals surface area (Å²) in [5.74, 6) is 0.966. The minimum Gasteiger partial charge on any atom is -0.375 e. The number of morpholine rings is 1. The molecule has 1 aliphatic rings. The maximum Gasteiger partial charge on any atom is 0.242 e. The molecule has 7 nitrogen and oxygen atoms in total. The highest BCUT2D eigenvalue weighted by Gasteiger charge is 2.24. The second kappa shape index (κ2) is 7.32. The maximum absolute atomic E-state index is 12.4. The van der Waals surface area contributed by atoms with Gasteiger partial charge in [-0.3, -0.25) is 4.79 Å². The van der Waals surface area contributed by atoms with Crippen molar-refractivity contribution in [3.8, 4) is 0 Å². The highest BCUT2D eigenvalue weighted by Crippen LogP contribution is 2.12. The first-order valence-electron chi connectivity index (χ1n) is 7.84. The number of aromatic nitrogens is 4. The molecule has 0 radical (unpaired) electrons. The molecule has 0 unspecified atom stereocenters. The minimum atomic E-state index is 0.0616. The summed E-state index contributed by atoms with van der Waals surface area (Å²) in [7, 11) is 0. The van der Waals surface area contributed by atoms with Crippen LogP contribution in [0.2, 0.25) is 0 Å². The molecule has 3 heterocycles. The monoisotopic (exact) mass is 315 g/mol. The number of rotatable bonds is 5. The van der Waals surface area contributed by atoms with Crippen LogP contribution in [0, 0.1) is 6.92 Å². The molecule has 3 rings (SSSR count). The average Bonchev–Trinajstić information content (AvgIpc) is 2.99. The molecule has 2 aromatic heterocycles. The Balaban J connectivity index is 1.51. The van der Waals surface area contributed by atoms with Crippen LogP contribution in [0.4, 0.5) is 0 Å². The lowest BCUT2D eigenvalue weighted by atomic mass is 10.1. The van der Waals surface area contributed by atoms with Crippen molar-refractivity contribution in [1.82, 2.24) is 24.4 Å². The second-order valence-corrected chi connectivity index (χ2v) is 5.67. The molecule has 1 aliphatic heterocycles. The number of carbonyl (C=O) groups excluding carboxylic acids is 1. The molecule has 0 saturated carbocycles. The van der Waals surface area contributed by atoms with Gasteiger partial charge in [-0.2, -0.15) is 0 Å². The van der Waals surface area contributed by atoms with E-state index in [9.17, 15) is 4.79 Å². The Morgan fingerprint density at radius 3 is 3.04 bits per heavy atom. The molecular formula is C16H21N5O2. The summed E-state index contributed by atoms with van der Waals surface area (Å²) in [6, 6.07) is 1.91. The Kier molecular flexibility index (Phi) is 4.97. The van der Waals surface area contributed by atoms with Gasteiger partial charge >= 0.3 is 0 Å². The predicted octanol–water partition coefficient (Wildman–Crippen LogP) is 0.842. The molecule has 0 aliphatic carbocycles. The van der Waals surface area contributed by atoms with Crippen molar-refractivity contribution >= 4 is 5.91 Å². The summed E-state index contributed by atoms with van der Waals surface area (Å²) in [6.07, 6.45) is 8.59. The molecule has 0 N–H and O–H groups in total. The van der Waals surface area contributed by atoms with Crippen molar-refractivity contribution in [2.45, 2.75) is 32.4 Å². The van der Waals surface area contributed by atoms with Crippen LogP contribution in [-0.4, -0.2) is 56.1 Å². The fraction of sp³-hybridized carbons (Fsp3) is 0.500. The van der Waals surface area contributed by atoms with Gasteiger partial charge in [0.05, 0.1) is 12.7 Å². The van der Waals surface area contributed by atoms with Crippen molar-refractivity contribution in [3.05, 3.63) is 42.5 Å². The third-order valence-corrected chi connectivity index (χ3v) is 4.09. The van der Waals surface area contributed by atoms with Gasteiger partial charge in [-0.25, -0.2) is 15.0 Å². The molecule has 0 spiro atoms. The van der Waals surface area contributed by atoms with Gasteiger partial charge in [0, 0.05) is 37.4 Å². The fourth-order valence-electron chi connectivity index (χ4n) is 2.71. The van der Waals surface area contributed by atoms with Gasteiger partial charge in [-0.05, 0) is 25.8 Å². The SMILES string of the molecule is Cc1nccn1CC(=O)N1CCO[C@@H](CCc2ccncn2)C1. The molecule has 0 bridgehead atoms. The van der Waals surface area contributed by atoms with Gasteiger partial charge in [0.2, 0.25) is 5.91 Å². The van der Waals surface area contributed by atoms with Crippen LogP contribution in [-0.2, 0) is 22.5 Å². The van der Waals surface area contributed by atoms with Crippen LogP contribution in [0.1, 0.15) is 17.9 Å². The zero-order valence-corrected chi connectivity index (χ0v) is 13.3. The zero-order valence-electron chi connectivity index (χ0n) is 13.3. The lowest BCUT2D eigenvalue weighted by Gasteiger charge is -2.33. The number of nitrogens with zero attached hydrogens (tertiary/aromatic N) is 5. The summed E-state index contributed by atoms with van der Waals surface area (Å²) in [6.45, 7) is 4.11. The molecule has 1 atom stereocenters. The van der Waals surface area contributed by atoms with Crippen molar-refractivity contribution in [2.75, 3.05) is 19.7 Å². The number of hydrogen-bond donors (Lipinski definition) is 0. The highest BCUT2D eigenvalue weighted by atomic mass is 16.5. The quantitative estimate of drug-likeness (QED) is 0.817. The Hall–Kier alpha value is -2.28. The van der Waals surface area contributed by atoms with Crippen LogP contribution in [0.25, 0.3) is 0 Å². The molecular weight excluding hydrogens is 294 g/mol. The summed E-state index contributed by atoms with van der Waals surface area (Å²) < 4.78 is 7.65. The van der Waals surface area contributed by atoms with Crippen LogP contribution in [0.15, 0.2) is 31.0 Å². The zero-order chi connectivity index (χ0) is 16.1. The Morgan fingerprint density at radius 1 is 1.39 bits per heavy atom. The van der Waals surface area contributed by atoms with E-state index in [-0.39, 0.29) is 12.0 Å². The number of ether oxygens (including phenoxy) is 1. The average molecular weight is 315 g/mol. The first kappa shape index (κ1) is 15.6. The van der Waals surface area contributed by atoms with Gasteiger partial charge in [-0.1, -0.05) is 0 Å². The van der Waals surface area contributed by atoms with E-state index in [1.807, 2.05) is 28.7 Å².